The quantitative estimate of drug-likeness (QED) is 0.577. The molecule has 7 nitrogen and oxygen atoms in total. The Balaban J connectivity index is 0.00000312. The fourth-order valence-corrected chi connectivity index (χ4v) is 2.95. The highest BCUT2D eigenvalue weighted by Gasteiger charge is 2.14. The fraction of sp³-hybridized carbons (Fsp3) is 0.125. The van der Waals surface area contributed by atoms with Crippen molar-refractivity contribution in [3.8, 4) is 0 Å². The van der Waals surface area contributed by atoms with Gasteiger partial charge in [0.1, 0.15) is 0 Å². The normalized spacial score (nSPS) is 11.1. The van der Waals surface area contributed by atoms with Crippen LogP contribution in [0.4, 0.5) is 0 Å². The molecule has 0 fully saturated rings. The number of nitrogens with zero attached hydrogens (tertiary/aromatic N) is 1. The topological polar surface area (TPSA) is 119 Å². The van der Waals surface area contributed by atoms with Gasteiger partial charge in [-0.2, -0.15) is 5.10 Å². The van der Waals surface area contributed by atoms with Gasteiger partial charge in [0, 0.05) is 5.02 Å². The zero-order valence-corrected chi connectivity index (χ0v) is 14.9. The molecule has 4 N–H and O–H groups in total. The van der Waals surface area contributed by atoms with Crippen LogP contribution in [-0.2, 0) is 14.8 Å². The van der Waals surface area contributed by atoms with Crippen LogP contribution in [-0.4, -0.2) is 32.6 Å². The largest absolute Gasteiger partial charge is 0.412 e. The fourth-order valence-electron chi connectivity index (χ4n) is 1.77. The van der Waals surface area contributed by atoms with Crippen molar-refractivity contribution >= 4 is 33.7 Å². The summed E-state index contributed by atoms with van der Waals surface area (Å²) in [7, 11) is -3.74. The highest BCUT2D eigenvalue weighted by molar-refractivity contribution is 7.89. The Morgan fingerprint density at radius 3 is 2.52 bits per heavy atom. The molecule has 0 aliphatic rings. The first-order chi connectivity index (χ1) is 11.4. The molecule has 2 rings (SSSR count). The van der Waals surface area contributed by atoms with Crippen molar-refractivity contribution in [3.05, 3.63) is 64.7 Å². The second-order valence-corrected chi connectivity index (χ2v) is 7.19. The number of amides is 1. The van der Waals surface area contributed by atoms with E-state index in [2.05, 4.69) is 15.2 Å². The predicted octanol–water partition coefficient (Wildman–Crippen LogP) is 1.25. The lowest BCUT2D eigenvalue weighted by Gasteiger charge is -2.06. The standard InChI is InChI=1S/C16H16ClN3O3S.H2O/c1-12-5-7-15(8-6-12)24(22,23)19-11-16(21)20-18-10-13-3-2-4-14(17)9-13;/h2-10,19H,11H2,1H3,(H,20,21);1H2/b18-10+;. The summed E-state index contributed by atoms with van der Waals surface area (Å²) in [5.41, 5.74) is 3.90. The maximum absolute atomic E-state index is 12.0. The molecule has 9 heteroatoms. The molecular weight excluding hydrogens is 366 g/mol. The van der Waals surface area contributed by atoms with E-state index in [0.717, 1.165) is 5.56 Å². The van der Waals surface area contributed by atoms with Gasteiger partial charge in [0.15, 0.2) is 0 Å². The lowest BCUT2D eigenvalue weighted by Crippen LogP contribution is -2.34. The number of aryl methyl sites for hydroxylation is 1. The van der Waals surface area contributed by atoms with Crippen LogP contribution in [0.5, 0.6) is 0 Å². The maximum atomic E-state index is 12.0. The molecular formula is C16H18ClN3O4S. The minimum Gasteiger partial charge on any atom is -0.412 e. The molecule has 2 aromatic carbocycles. The summed E-state index contributed by atoms with van der Waals surface area (Å²) in [6.07, 6.45) is 1.41. The summed E-state index contributed by atoms with van der Waals surface area (Å²) in [5.74, 6) is -0.580. The van der Waals surface area contributed by atoms with E-state index in [1.165, 1.54) is 18.3 Å². The summed E-state index contributed by atoms with van der Waals surface area (Å²) < 4.78 is 26.3. The molecule has 25 heavy (non-hydrogen) atoms. The van der Waals surface area contributed by atoms with Gasteiger partial charge in [-0.1, -0.05) is 41.4 Å². The van der Waals surface area contributed by atoms with E-state index in [1.807, 2.05) is 6.92 Å². The van der Waals surface area contributed by atoms with Gasteiger partial charge in [-0.3, -0.25) is 4.79 Å². The molecule has 0 unspecified atom stereocenters. The highest BCUT2D eigenvalue weighted by Crippen LogP contribution is 2.09. The minimum atomic E-state index is -3.74. The number of carbonyl (C=O) groups excluding carboxylic acids is 1. The van der Waals surface area contributed by atoms with E-state index < -0.39 is 22.5 Å². The van der Waals surface area contributed by atoms with Crippen molar-refractivity contribution in [1.29, 1.82) is 0 Å². The molecule has 134 valence electrons. The zero-order chi connectivity index (χ0) is 17.6. The second kappa shape index (κ2) is 9.28. The predicted molar refractivity (Wildman–Crippen MR) is 97.2 cm³/mol. The van der Waals surface area contributed by atoms with Crippen molar-refractivity contribution in [1.82, 2.24) is 10.1 Å². The molecule has 0 bridgehead atoms. The molecule has 0 aliphatic carbocycles. The number of carbonyl (C=O) groups is 1. The molecule has 0 atom stereocenters. The second-order valence-electron chi connectivity index (χ2n) is 4.99. The van der Waals surface area contributed by atoms with Crippen LogP contribution in [0.1, 0.15) is 11.1 Å². The van der Waals surface area contributed by atoms with Gasteiger partial charge in [-0.05, 0) is 36.8 Å². The highest BCUT2D eigenvalue weighted by atomic mass is 35.5. The summed E-state index contributed by atoms with van der Waals surface area (Å²) >= 11 is 5.83. The van der Waals surface area contributed by atoms with Gasteiger partial charge in [0.25, 0.3) is 5.91 Å². The van der Waals surface area contributed by atoms with Gasteiger partial charge in [0.2, 0.25) is 10.0 Å². The van der Waals surface area contributed by atoms with Gasteiger partial charge in [-0.25, -0.2) is 18.6 Å². The van der Waals surface area contributed by atoms with E-state index >= 15 is 0 Å². The third-order valence-electron chi connectivity index (χ3n) is 3.01. The number of benzene rings is 2. The molecule has 0 saturated heterocycles. The number of halogens is 1. The van der Waals surface area contributed by atoms with Crippen LogP contribution in [0.15, 0.2) is 58.5 Å². The summed E-state index contributed by atoms with van der Waals surface area (Å²) in [6, 6.07) is 13.2. The van der Waals surface area contributed by atoms with Crippen LogP contribution in [0.25, 0.3) is 0 Å². The monoisotopic (exact) mass is 383 g/mol. The number of rotatable bonds is 6. The van der Waals surface area contributed by atoms with Crippen LogP contribution in [0.2, 0.25) is 5.02 Å². The Hall–Kier alpha value is -2.26. The molecule has 0 aliphatic heterocycles. The molecule has 2 aromatic rings. The van der Waals surface area contributed by atoms with Crippen LogP contribution in [0, 0.1) is 6.92 Å². The smallest absolute Gasteiger partial charge is 0.255 e. The van der Waals surface area contributed by atoms with Crippen LogP contribution >= 0.6 is 11.6 Å². The van der Waals surface area contributed by atoms with Gasteiger partial charge in [-0.15, -0.1) is 0 Å². The average Bonchev–Trinajstić information content (AvgIpc) is 2.54. The Kier molecular flexibility index (Phi) is 7.72. The Labute approximate surface area is 151 Å². The third kappa shape index (κ3) is 6.63. The Morgan fingerprint density at radius 1 is 1.20 bits per heavy atom. The number of hydrogen-bond donors (Lipinski definition) is 2. The first-order valence-electron chi connectivity index (χ1n) is 7.01. The van der Waals surface area contributed by atoms with Crippen molar-refractivity contribution in [2.24, 2.45) is 5.10 Å². The van der Waals surface area contributed by atoms with E-state index in [9.17, 15) is 13.2 Å². The van der Waals surface area contributed by atoms with Crippen molar-refractivity contribution in [2.45, 2.75) is 11.8 Å². The molecule has 0 heterocycles. The van der Waals surface area contributed by atoms with Gasteiger partial charge in [0.05, 0.1) is 17.7 Å². The molecule has 0 aromatic heterocycles. The summed E-state index contributed by atoms with van der Waals surface area (Å²) in [4.78, 5) is 11.8. The van der Waals surface area contributed by atoms with Crippen LogP contribution < -0.4 is 10.1 Å². The first-order valence-corrected chi connectivity index (χ1v) is 8.87. The zero-order valence-electron chi connectivity index (χ0n) is 13.4. The summed E-state index contributed by atoms with van der Waals surface area (Å²) in [5, 5.41) is 4.30. The van der Waals surface area contributed by atoms with E-state index in [0.29, 0.717) is 10.6 Å². The number of sulfonamides is 1. The SMILES string of the molecule is Cc1ccc(S(=O)(=O)NCC(=O)N/N=C/c2cccc(Cl)c2)cc1.O. The number of hydrazone groups is 1. The maximum Gasteiger partial charge on any atom is 0.255 e. The molecule has 0 saturated carbocycles. The van der Waals surface area contributed by atoms with Crippen molar-refractivity contribution in [3.63, 3.8) is 0 Å². The van der Waals surface area contributed by atoms with E-state index in [4.69, 9.17) is 11.6 Å². The van der Waals surface area contributed by atoms with Gasteiger partial charge >= 0.3 is 0 Å². The van der Waals surface area contributed by atoms with Crippen LogP contribution in [0.3, 0.4) is 0 Å². The van der Waals surface area contributed by atoms with Crippen molar-refractivity contribution < 1.29 is 18.7 Å². The molecule has 1 amide bonds. The minimum absolute atomic E-state index is 0. The Morgan fingerprint density at radius 2 is 1.88 bits per heavy atom. The molecule has 0 spiro atoms. The van der Waals surface area contributed by atoms with Crippen molar-refractivity contribution in [2.75, 3.05) is 6.54 Å². The Bertz CT molecular complexity index is 852. The van der Waals surface area contributed by atoms with E-state index in [1.54, 1.807) is 36.4 Å². The lowest BCUT2D eigenvalue weighted by molar-refractivity contribution is -0.119. The average molecular weight is 384 g/mol. The molecule has 0 radical (unpaired) electrons. The summed E-state index contributed by atoms with van der Waals surface area (Å²) in [6.45, 7) is 1.44. The number of nitrogens with one attached hydrogen (secondary N) is 2. The number of hydrogen-bond acceptors (Lipinski definition) is 4. The first kappa shape index (κ1) is 20.8. The third-order valence-corrected chi connectivity index (χ3v) is 4.66. The van der Waals surface area contributed by atoms with Gasteiger partial charge < -0.3 is 5.48 Å². The van der Waals surface area contributed by atoms with E-state index in [-0.39, 0.29) is 10.4 Å². The lowest BCUT2D eigenvalue weighted by atomic mass is 10.2.